The van der Waals surface area contributed by atoms with Gasteiger partial charge in [0.25, 0.3) is 0 Å². The molecule has 1 aliphatic rings. The van der Waals surface area contributed by atoms with Crippen LogP contribution in [0.4, 0.5) is 0 Å². The highest BCUT2D eigenvalue weighted by Crippen LogP contribution is 2.20. The predicted octanol–water partition coefficient (Wildman–Crippen LogP) is 0.663. The Morgan fingerprint density at radius 2 is 2.13 bits per heavy atom. The number of aliphatic hydroxyl groups is 1. The molecule has 4 nitrogen and oxygen atoms in total. The Labute approximate surface area is 94.9 Å². The van der Waals surface area contributed by atoms with E-state index in [0.29, 0.717) is 44.8 Å². The van der Waals surface area contributed by atoms with Crippen LogP contribution < -0.4 is 5.32 Å². The first-order chi connectivity index (χ1) is 7.22. The van der Waals surface area contributed by atoms with E-state index >= 15 is 0 Å². The summed E-state index contributed by atoms with van der Waals surface area (Å²) >= 11 is 5.51. The quantitative estimate of drug-likeness (QED) is 0.689. The Morgan fingerprint density at radius 3 is 2.67 bits per heavy atom. The van der Waals surface area contributed by atoms with Crippen LogP contribution in [0.3, 0.4) is 0 Å². The fourth-order valence-electron chi connectivity index (χ4n) is 1.67. The Balaban J connectivity index is 2.40. The van der Waals surface area contributed by atoms with Gasteiger partial charge in [-0.1, -0.05) is 0 Å². The molecule has 1 heterocycles. The van der Waals surface area contributed by atoms with Crippen molar-refractivity contribution >= 4 is 17.5 Å². The molecule has 0 aromatic rings. The second-order valence-corrected chi connectivity index (χ2v) is 4.27. The third-order valence-electron chi connectivity index (χ3n) is 2.69. The highest BCUT2D eigenvalue weighted by Gasteiger charge is 2.33. The molecule has 0 spiro atoms. The zero-order chi connectivity index (χ0) is 11.1. The third-order valence-corrected chi connectivity index (χ3v) is 2.96. The van der Waals surface area contributed by atoms with Gasteiger partial charge in [0.1, 0.15) is 0 Å². The molecule has 0 saturated carbocycles. The molecular weight excluding hydrogens is 218 g/mol. The average Bonchev–Trinajstić information content (AvgIpc) is 2.27. The van der Waals surface area contributed by atoms with Gasteiger partial charge in [0.2, 0.25) is 5.91 Å². The van der Waals surface area contributed by atoms with Crippen LogP contribution in [0.25, 0.3) is 0 Å². The Morgan fingerprint density at radius 1 is 1.47 bits per heavy atom. The Kier molecular flexibility index (Phi) is 5.36. The lowest BCUT2D eigenvalue weighted by Crippen LogP contribution is -2.54. The van der Waals surface area contributed by atoms with Crippen LogP contribution in [0.1, 0.15) is 25.7 Å². The van der Waals surface area contributed by atoms with Crippen molar-refractivity contribution in [3.63, 3.8) is 0 Å². The molecule has 5 heteroatoms. The van der Waals surface area contributed by atoms with Crippen molar-refractivity contribution in [1.82, 2.24) is 5.32 Å². The van der Waals surface area contributed by atoms with Gasteiger partial charge in [-0.05, 0) is 19.3 Å². The van der Waals surface area contributed by atoms with Crippen molar-refractivity contribution < 1.29 is 14.6 Å². The second-order valence-electron chi connectivity index (χ2n) is 3.89. The van der Waals surface area contributed by atoms with Gasteiger partial charge >= 0.3 is 0 Å². The number of halogens is 1. The molecule has 1 aliphatic heterocycles. The largest absolute Gasteiger partial charge is 0.394 e. The molecule has 1 rings (SSSR count). The number of alkyl halides is 1. The van der Waals surface area contributed by atoms with E-state index in [0.717, 1.165) is 0 Å². The maximum Gasteiger partial charge on any atom is 0.220 e. The van der Waals surface area contributed by atoms with Crippen LogP contribution in [0.15, 0.2) is 0 Å². The third kappa shape index (κ3) is 3.97. The van der Waals surface area contributed by atoms with E-state index in [1.807, 2.05) is 0 Å². The SMILES string of the molecule is O=C(CCCCl)NC1(CO)CCOCC1. The lowest BCUT2D eigenvalue weighted by molar-refractivity contribution is -0.125. The maximum absolute atomic E-state index is 11.5. The molecule has 1 fully saturated rings. The second kappa shape index (κ2) is 6.30. The zero-order valence-electron chi connectivity index (χ0n) is 8.80. The van der Waals surface area contributed by atoms with Gasteiger partial charge < -0.3 is 15.2 Å². The molecule has 1 amide bonds. The van der Waals surface area contributed by atoms with Crippen molar-refractivity contribution in [3.05, 3.63) is 0 Å². The van der Waals surface area contributed by atoms with E-state index in [2.05, 4.69) is 5.32 Å². The fourth-order valence-corrected chi connectivity index (χ4v) is 1.80. The molecule has 88 valence electrons. The molecule has 0 unspecified atom stereocenters. The number of hydrogen-bond acceptors (Lipinski definition) is 3. The normalized spacial score (nSPS) is 19.9. The van der Waals surface area contributed by atoms with Gasteiger partial charge in [0.05, 0.1) is 12.1 Å². The number of aliphatic hydroxyl groups excluding tert-OH is 1. The first kappa shape index (κ1) is 12.7. The van der Waals surface area contributed by atoms with Gasteiger partial charge in [0.15, 0.2) is 0 Å². The van der Waals surface area contributed by atoms with Crippen molar-refractivity contribution in [1.29, 1.82) is 0 Å². The first-order valence-electron chi connectivity index (χ1n) is 5.28. The summed E-state index contributed by atoms with van der Waals surface area (Å²) in [5, 5.41) is 12.2. The number of nitrogens with one attached hydrogen (secondary N) is 1. The average molecular weight is 236 g/mol. The predicted molar refractivity (Wildman–Crippen MR) is 58.0 cm³/mol. The summed E-state index contributed by atoms with van der Waals surface area (Å²) < 4.78 is 5.21. The van der Waals surface area contributed by atoms with Crippen LogP contribution in [0.2, 0.25) is 0 Å². The molecule has 0 atom stereocenters. The maximum atomic E-state index is 11.5. The molecule has 15 heavy (non-hydrogen) atoms. The molecule has 0 bridgehead atoms. The van der Waals surface area contributed by atoms with Crippen LogP contribution in [0.5, 0.6) is 0 Å². The van der Waals surface area contributed by atoms with Crippen LogP contribution in [0, 0.1) is 0 Å². The standard InChI is InChI=1S/C10H18ClNO3/c11-5-1-2-9(14)12-10(8-13)3-6-15-7-4-10/h13H,1-8H2,(H,12,14). The van der Waals surface area contributed by atoms with Gasteiger partial charge in [-0.15, -0.1) is 11.6 Å². The van der Waals surface area contributed by atoms with E-state index in [-0.39, 0.29) is 12.5 Å². The molecule has 0 aromatic heterocycles. The number of carbonyl (C=O) groups is 1. The van der Waals surface area contributed by atoms with Gasteiger partial charge in [-0.25, -0.2) is 0 Å². The van der Waals surface area contributed by atoms with Crippen LogP contribution in [-0.4, -0.2) is 42.3 Å². The molecule has 0 aromatic carbocycles. The lowest BCUT2D eigenvalue weighted by Gasteiger charge is -2.36. The van der Waals surface area contributed by atoms with Gasteiger partial charge in [0, 0.05) is 25.5 Å². The fraction of sp³-hybridized carbons (Fsp3) is 0.900. The summed E-state index contributed by atoms with van der Waals surface area (Å²) in [5.41, 5.74) is -0.471. The summed E-state index contributed by atoms with van der Waals surface area (Å²) in [6.45, 7) is 1.16. The van der Waals surface area contributed by atoms with Crippen LogP contribution in [-0.2, 0) is 9.53 Å². The lowest BCUT2D eigenvalue weighted by atomic mass is 9.91. The van der Waals surface area contributed by atoms with Crippen molar-refractivity contribution in [2.24, 2.45) is 0 Å². The minimum atomic E-state index is -0.471. The summed E-state index contributed by atoms with van der Waals surface area (Å²) in [4.78, 5) is 11.5. The van der Waals surface area contributed by atoms with Crippen molar-refractivity contribution in [3.8, 4) is 0 Å². The zero-order valence-corrected chi connectivity index (χ0v) is 9.55. The minimum absolute atomic E-state index is 0.0248. The number of carbonyl (C=O) groups excluding carboxylic acids is 1. The highest BCUT2D eigenvalue weighted by atomic mass is 35.5. The minimum Gasteiger partial charge on any atom is -0.394 e. The molecule has 1 saturated heterocycles. The summed E-state index contributed by atoms with van der Waals surface area (Å²) in [5.74, 6) is 0.453. The van der Waals surface area contributed by atoms with E-state index in [9.17, 15) is 9.90 Å². The molecular formula is C10H18ClNO3. The summed E-state index contributed by atoms with van der Waals surface area (Å²) in [6, 6.07) is 0. The summed E-state index contributed by atoms with van der Waals surface area (Å²) in [6.07, 6.45) is 2.45. The number of ether oxygens (including phenoxy) is 1. The molecule has 2 N–H and O–H groups in total. The van der Waals surface area contributed by atoms with E-state index in [1.165, 1.54) is 0 Å². The van der Waals surface area contributed by atoms with Crippen LogP contribution >= 0.6 is 11.6 Å². The highest BCUT2D eigenvalue weighted by molar-refractivity contribution is 6.17. The van der Waals surface area contributed by atoms with Crippen molar-refractivity contribution in [2.45, 2.75) is 31.2 Å². The Hall–Kier alpha value is -0.320. The number of hydrogen-bond donors (Lipinski definition) is 2. The molecule has 0 aliphatic carbocycles. The monoisotopic (exact) mass is 235 g/mol. The summed E-state index contributed by atoms with van der Waals surface area (Å²) in [7, 11) is 0. The van der Waals surface area contributed by atoms with E-state index < -0.39 is 5.54 Å². The topological polar surface area (TPSA) is 58.6 Å². The van der Waals surface area contributed by atoms with E-state index in [1.54, 1.807) is 0 Å². The number of amides is 1. The smallest absolute Gasteiger partial charge is 0.220 e. The Bertz CT molecular complexity index is 205. The van der Waals surface area contributed by atoms with Crippen molar-refractivity contribution in [2.75, 3.05) is 25.7 Å². The first-order valence-corrected chi connectivity index (χ1v) is 5.81. The van der Waals surface area contributed by atoms with E-state index in [4.69, 9.17) is 16.3 Å². The number of rotatable bonds is 5. The van der Waals surface area contributed by atoms with Gasteiger partial charge in [-0.3, -0.25) is 4.79 Å². The molecule has 0 radical (unpaired) electrons. The van der Waals surface area contributed by atoms with Gasteiger partial charge in [-0.2, -0.15) is 0 Å².